The summed E-state index contributed by atoms with van der Waals surface area (Å²) >= 11 is 1.74. The largest absolute Gasteiger partial charge is 0.489 e. The van der Waals surface area contributed by atoms with E-state index in [0.717, 1.165) is 28.4 Å². The first-order valence-electron chi connectivity index (χ1n) is 6.71. The third kappa shape index (κ3) is 2.88. The Bertz CT molecular complexity index is 611. The van der Waals surface area contributed by atoms with Crippen molar-refractivity contribution in [1.82, 2.24) is 0 Å². The average Bonchev–Trinajstić information content (AvgIpc) is 2.88. The predicted molar refractivity (Wildman–Crippen MR) is 81.7 cm³/mol. The second-order valence-electron chi connectivity index (χ2n) is 4.95. The molecule has 0 bridgehead atoms. The number of ether oxygens (including phenoxy) is 1. The number of rotatable bonds is 4. The molecule has 0 aliphatic carbocycles. The summed E-state index contributed by atoms with van der Waals surface area (Å²) in [7, 11) is 0. The molecular weight excluding hydrogens is 268 g/mol. The highest BCUT2D eigenvalue weighted by Gasteiger charge is 2.22. The second kappa shape index (κ2) is 5.71. The molecule has 1 unspecified atom stereocenters. The van der Waals surface area contributed by atoms with Gasteiger partial charge in [0.2, 0.25) is 0 Å². The van der Waals surface area contributed by atoms with E-state index in [2.05, 4.69) is 6.07 Å². The van der Waals surface area contributed by atoms with Crippen molar-refractivity contribution in [2.75, 3.05) is 5.75 Å². The summed E-state index contributed by atoms with van der Waals surface area (Å²) in [5.74, 6) is 2.02. The van der Waals surface area contributed by atoms with Gasteiger partial charge in [-0.15, -0.1) is 11.8 Å². The van der Waals surface area contributed by atoms with Crippen LogP contribution < -0.4 is 4.74 Å². The maximum atomic E-state index is 11.4. The van der Waals surface area contributed by atoms with E-state index in [0.29, 0.717) is 0 Å². The van der Waals surface area contributed by atoms with Crippen molar-refractivity contribution in [2.24, 2.45) is 0 Å². The molecule has 3 rings (SSSR count). The molecule has 0 saturated heterocycles. The third-order valence-electron chi connectivity index (χ3n) is 3.39. The van der Waals surface area contributed by atoms with Gasteiger partial charge in [0.15, 0.2) is 5.78 Å². The van der Waals surface area contributed by atoms with Crippen LogP contribution in [0.2, 0.25) is 0 Å². The second-order valence-corrected chi connectivity index (χ2v) is 6.04. The quantitative estimate of drug-likeness (QED) is 0.627. The Labute approximate surface area is 123 Å². The molecule has 1 aliphatic rings. The van der Waals surface area contributed by atoms with Gasteiger partial charge in [0.1, 0.15) is 11.9 Å². The first-order valence-corrected chi connectivity index (χ1v) is 7.69. The van der Waals surface area contributed by atoms with Crippen LogP contribution >= 0.6 is 11.8 Å². The fraction of sp³-hybridized carbons (Fsp3) is 0.235. The Morgan fingerprint density at radius 2 is 2.10 bits per heavy atom. The Hall–Kier alpha value is -1.74. The molecule has 0 fully saturated rings. The fourth-order valence-corrected chi connectivity index (χ4v) is 3.29. The van der Waals surface area contributed by atoms with E-state index >= 15 is 0 Å². The van der Waals surface area contributed by atoms with E-state index in [4.69, 9.17) is 4.74 Å². The van der Waals surface area contributed by atoms with Crippen molar-refractivity contribution < 1.29 is 9.53 Å². The molecular formula is C17H16O2S. The van der Waals surface area contributed by atoms with E-state index in [1.54, 1.807) is 18.7 Å². The summed E-state index contributed by atoms with van der Waals surface area (Å²) in [5, 5.41) is 0. The van der Waals surface area contributed by atoms with Crippen molar-refractivity contribution in [3.8, 4) is 5.75 Å². The Kier molecular flexibility index (Phi) is 3.79. The highest BCUT2D eigenvalue weighted by Crippen LogP contribution is 2.31. The van der Waals surface area contributed by atoms with Crippen LogP contribution in [0.4, 0.5) is 0 Å². The molecule has 0 N–H and O–H groups in total. The van der Waals surface area contributed by atoms with Gasteiger partial charge in [-0.2, -0.15) is 0 Å². The van der Waals surface area contributed by atoms with Crippen LogP contribution in [0.1, 0.15) is 22.8 Å². The van der Waals surface area contributed by atoms with Crippen molar-refractivity contribution in [3.05, 3.63) is 59.7 Å². The lowest BCUT2D eigenvalue weighted by Gasteiger charge is -2.10. The third-order valence-corrected chi connectivity index (χ3v) is 4.52. The summed E-state index contributed by atoms with van der Waals surface area (Å²) in [4.78, 5) is 12.5. The van der Waals surface area contributed by atoms with Crippen molar-refractivity contribution in [3.63, 3.8) is 0 Å². The zero-order valence-electron chi connectivity index (χ0n) is 11.3. The molecule has 0 radical (unpaired) electrons. The SMILES string of the molecule is CC(=O)c1cccc(SCC2Cc3ccccc3O2)c1. The van der Waals surface area contributed by atoms with Crippen molar-refractivity contribution >= 4 is 17.5 Å². The molecule has 0 aromatic heterocycles. The Morgan fingerprint density at radius 3 is 2.90 bits per heavy atom. The molecule has 0 spiro atoms. The minimum atomic E-state index is 0.108. The Balaban J connectivity index is 1.61. The lowest BCUT2D eigenvalue weighted by Crippen LogP contribution is -2.15. The van der Waals surface area contributed by atoms with Crippen LogP contribution in [0, 0.1) is 0 Å². The van der Waals surface area contributed by atoms with Crippen LogP contribution in [-0.4, -0.2) is 17.6 Å². The number of para-hydroxylation sites is 1. The van der Waals surface area contributed by atoms with Gasteiger partial charge in [-0.1, -0.05) is 30.3 Å². The van der Waals surface area contributed by atoms with E-state index < -0.39 is 0 Å². The van der Waals surface area contributed by atoms with E-state index in [-0.39, 0.29) is 11.9 Å². The van der Waals surface area contributed by atoms with Gasteiger partial charge in [-0.3, -0.25) is 4.79 Å². The first kappa shape index (κ1) is 13.3. The monoisotopic (exact) mass is 284 g/mol. The van der Waals surface area contributed by atoms with Crippen molar-refractivity contribution in [2.45, 2.75) is 24.3 Å². The molecule has 102 valence electrons. The molecule has 1 heterocycles. The number of Topliss-reactive ketones (excluding diaryl/α,β-unsaturated/α-hetero) is 1. The lowest BCUT2D eigenvalue weighted by atomic mass is 10.1. The van der Waals surface area contributed by atoms with Crippen LogP contribution in [-0.2, 0) is 6.42 Å². The molecule has 2 nitrogen and oxygen atoms in total. The minimum absolute atomic E-state index is 0.108. The van der Waals surface area contributed by atoms with Gasteiger partial charge in [-0.05, 0) is 30.7 Å². The topological polar surface area (TPSA) is 26.3 Å². The molecule has 3 heteroatoms. The normalized spacial score (nSPS) is 16.6. The summed E-state index contributed by atoms with van der Waals surface area (Å²) < 4.78 is 5.92. The van der Waals surface area contributed by atoms with Gasteiger partial charge >= 0.3 is 0 Å². The molecule has 1 aliphatic heterocycles. The number of ketones is 1. The maximum Gasteiger partial charge on any atom is 0.159 e. The van der Waals surface area contributed by atoms with E-state index in [1.165, 1.54) is 5.56 Å². The highest BCUT2D eigenvalue weighted by atomic mass is 32.2. The number of hydrogen-bond acceptors (Lipinski definition) is 3. The maximum absolute atomic E-state index is 11.4. The number of hydrogen-bond donors (Lipinski definition) is 0. The molecule has 1 atom stereocenters. The predicted octanol–water partition coefficient (Wildman–Crippen LogP) is 3.99. The molecule has 0 saturated carbocycles. The van der Waals surface area contributed by atoms with Crippen LogP contribution in [0.3, 0.4) is 0 Å². The molecule has 2 aromatic rings. The number of carbonyl (C=O) groups is 1. The Morgan fingerprint density at radius 1 is 1.25 bits per heavy atom. The van der Waals surface area contributed by atoms with E-state index in [9.17, 15) is 4.79 Å². The van der Waals surface area contributed by atoms with Crippen molar-refractivity contribution in [1.29, 1.82) is 0 Å². The first-order chi connectivity index (χ1) is 9.72. The zero-order valence-corrected chi connectivity index (χ0v) is 12.2. The lowest BCUT2D eigenvalue weighted by molar-refractivity contribution is 0.101. The zero-order chi connectivity index (χ0) is 13.9. The average molecular weight is 284 g/mol. The molecule has 0 amide bonds. The summed E-state index contributed by atoms with van der Waals surface area (Å²) in [6, 6.07) is 16.0. The number of thioether (sulfide) groups is 1. The fourth-order valence-electron chi connectivity index (χ4n) is 2.34. The van der Waals surface area contributed by atoms with Gasteiger partial charge < -0.3 is 4.74 Å². The summed E-state index contributed by atoms with van der Waals surface area (Å²) in [6.45, 7) is 1.60. The summed E-state index contributed by atoms with van der Waals surface area (Å²) in [6.07, 6.45) is 1.19. The summed E-state index contributed by atoms with van der Waals surface area (Å²) in [5.41, 5.74) is 2.06. The van der Waals surface area contributed by atoms with Gasteiger partial charge in [-0.25, -0.2) is 0 Å². The smallest absolute Gasteiger partial charge is 0.159 e. The van der Waals surface area contributed by atoms with Gasteiger partial charge in [0, 0.05) is 22.6 Å². The molecule has 2 aromatic carbocycles. The van der Waals surface area contributed by atoms with Crippen LogP contribution in [0.15, 0.2) is 53.4 Å². The standard InChI is InChI=1S/C17H16O2S/c1-12(18)13-6-4-7-16(10-13)20-11-15-9-14-5-2-3-8-17(14)19-15/h2-8,10,15H,9,11H2,1H3. The van der Waals surface area contributed by atoms with Gasteiger partial charge in [0.25, 0.3) is 0 Å². The minimum Gasteiger partial charge on any atom is -0.489 e. The number of benzene rings is 2. The number of fused-ring (bicyclic) bond motifs is 1. The van der Waals surface area contributed by atoms with Gasteiger partial charge in [0.05, 0.1) is 0 Å². The number of carbonyl (C=O) groups excluding carboxylic acids is 1. The highest BCUT2D eigenvalue weighted by molar-refractivity contribution is 7.99. The van der Waals surface area contributed by atoms with Crippen LogP contribution in [0.25, 0.3) is 0 Å². The molecule has 20 heavy (non-hydrogen) atoms. The van der Waals surface area contributed by atoms with Crippen LogP contribution in [0.5, 0.6) is 5.75 Å². The van der Waals surface area contributed by atoms with E-state index in [1.807, 2.05) is 42.5 Å².